The van der Waals surface area contributed by atoms with Gasteiger partial charge >= 0.3 is 0 Å². The summed E-state index contributed by atoms with van der Waals surface area (Å²) in [5, 5.41) is 2.79. The van der Waals surface area contributed by atoms with Crippen LogP contribution in [-0.2, 0) is 4.79 Å². The van der Waals surface area contributed by atoms with Gasteiger partial charge < -0.3 is 19.2 Å². The molecule has 0 aliphatic heterocycles. The van der Waals surface area contributed by atoms with E-state index in [1.54, 1.807) is 0 Å². The molecule has 1 N–H and O–H groups in total. The van der Waals surface area contributed by atoms with Crippen molar-refractivity contribution in [3.63, 3.8) is 0 Å². The highest BCUT2D eigenvalue weighted by Crippen LogP contribution is 2.35. The standard InChI is InChI=1S/C22H23BrN2O4/c1-13(24-14(2)26)11-27-17-6-7-19-21(10-17)29-22(25-19)16-5-8-20(18(23)9-16)28-12-15-3-4-15/h5-10,13,15H,3-4,11-12H2,1-2H3,(H,24,26)/t13-/m0/s1. The van der Waals surface area contributed by atoms with Crippen molar-refractivity contribution in [2.24, 2.45) is 5.92 Å². The zero-order chi connectivity index (χ0) is 20.4. The number of fused-ring (bicyclic) bond motifs is 1. The number of ether oxygens (including phenoxy) is 2. The molecule has 152 valence electrons. The van der Waals surface area contributed by atoms with Crippen LogP contribution in [0.5, 0.6) is 11.5 Å². The Balaban J connectivity index is 1.46. The van der Waals surface area contributed by atoms with Crippen LogP contribution in [0.1, 0.15) is 26.7 Å². The van der Waals surface area contributed by atoms with E-state index in [0.29, 0.717) is 29.7 Å². The Morgan fingerprint density at radius 2 is 2.10 bits per heavy atom. The number of amides is 1. The predicted octanol–water partition coefficient (Wildman–Crippen LogP) is 4.95. The second-order valence-electron chi connectivity index (χ2n) is 7.46. The van der Waals surface area contributed by atoms with Gasteiger partial charge in [0.05, 0.1) is 17.1 Å². The third-order valence-electron chi connectivity index (χ3n) is 4.66. The summed E-state index contributed by atoms with van der Waals surface area (Å²) in [6, 6.07) is 11.3. The molecule has 4 rings (SSSR count). The van der Waals surface area contributed by atoms with Crippen LogP contribution in [0, 0.1) is 5.92 Å². The van der Waals surface area contributed by atoms with Crippen molar-refractivity contribution in [1.82, 2.24) is 10.3 Å². The Bertz CT molecular complexity index is 1030. The van der Waals surface area contributed by atoms with E-state index in [9.17, 15) is 4.79 Å². The van der Waals surface area contributed by atoms with Crippen LogP contribution in [0.15, 0.2) is 45.3 Å². The Labute approximate surface area is 177 Å². The molecule has 29 heavy (non-hydrogen) atoms. The molecule has 7 heteroatoms. The molecular weight excluding hydrogens is 436 g/mol. The molecule has 0 saturated heterocycles. The van der Waals surface area contributed by atoms with Gasteiger partial charge in [0.15, 0.2) is 5.58 Å². The molecular formula is C22H23BrN2O4. The van der Waals surface area contributed by atoms with Gasteiger partial charge in [-0.15, -0.1) is 0 Å². The van der Waals surface area contributed by atoms with Gasteiger partial charge in [-0.3, -0.25) is 4.79 Å². The molecule has 1 heterocycles. The van der Waals surface area contributed by atoms with Crippen LogP contribution < -0.4 is 14.8 Å². The molecule has 0 bridgehead atoms. The monoisotopic (exact) mass is 458 g/mol. The van der Waals surface area contributed by atoms with Crippen molar-refractivity contribution in [3.8, 4) is 23.0 Å². The average molecular weight is 459 g/mol. The fourth-order valence-corrected chi connectivity index (χ4v) is 3.46. The van der Waals surface area contributed by atoms with Gasteiger partial charge in [-0.2, -0.15) is 0 Å². The van der Waals surface area contributed by atoms with E-state index < -0.39 is 0 Å². The number of benzene rings is 2. The first-order valence-corrected chi connectivity index (χ1v) is 10.5. The molecule has 1 aliphatic carbocycles. The van der Waals surface area contributed by atoms with Crippen molar-refractivity contribution < 1.29 is 18.7 Å². The van der Waals surface area contributed by atoms with Crippen LogP contribution >= 0.6 is 15.9 Å². The average Bonchev–Trinajstić information content (AvgIpc) is 3.41. The number of nitrogens with zero attached hydrogens (tertiary/aromatic N) is 1. The van der Waals surface area contributed by atoms with E-state index in [4.69, 9.17) is 13.9 Å². The topological polar surface area (TPSA) is 73.6 Å². The lowest BCUT2D eigenvalue weighted by Crippen LogP contribution is -2.35. The molecule has 1 aromatic heterocycles. The molecule has 2 aromatic carbocycles. The lowest BCUT2D eigenvalue weighted by atomic mass is 10.2. The van der Waals surface area contributed by atoms with Crippen LogP contribution in [0.4, 0.5) is 0 Å². The number of hydrogen-bond acceptors (Lipinski definition) is 5. The summed E-state index contributed by atoms with van der Waals surface area (Å²) in [5.41, 5.74) is 2.27. The normalized spacial score (nSPS) is 14.6. The minimum absolute atomic E-state index is 0.0773. The highest BCUT2D eigenvalue weighted by molar-refractivity contribution is 9.10. The van der Waals surface area contributed by atoms with Crippen LogP contribution in [0.3, 0.4) is 0 Å². The van der Waals surface area contributed by atoms with Crippen molar-refractivity contribution in [2.45, 2.75) is 32.7 Å². The Morgan fingerprint density at radius 1 is 1.28 bits per heavy atom. The molecule has 1 fully saturated rings. The number of aromatic nitrogens is 1. The van der Waals surface area contributed by atoms with Crippen molar-refractivity contribution in [1.29, 1.82) is 0 Å². The Hall–Kier alpha value is -2.54. The highest BCUT2D eigenvalue weighted by Gasteiger charge is 2.22. The Kier molecular flexibility index (Phi) is 5.76. The van der Waals surface area contributed by atoms with E-state index in [1.807, 2.05) is 43.3 Å². The summed E-state index contributed by atoms with van der Waals surface area (Å²) >= 11 is 3.58. The van der Waals surface area contributed by atoms with Crippen molar-refractivity contribution in [3.05, 3.63) is 40.9 Å². The quantitative estimate of drug-likeness (QED) is 0.516. The van der Waals surface area contributed by atoms with Crippen molar-refractivity contribution >= 4 is 32.9 Å². The zero-order valence-corrected chi connectivity index (χ0v) is 18.0. The lowest BCUT2D eigenvalue weighted by Gasteiger charge is -2.13. The maximum atomic E-state index is 11.1. The molecule has 1 aliphatic rings. The maximum Gasteiger partial charge on any atom is 0.227 e. The van der Waals surface area contributed by atoms with Gasteiger partial charge in [-0.25, -0.2) is 4.98 Å². The summed E-state index contributed by atoms with van der Waals surface area (Å²) in [7, 11) is 0. The lowest BCUT2D eigenvalue weighted by molar-refractivity contribution is -0.119. The highest BCUT2D eigenvalue weighted by atomic mass is 79.9. The second-order valence-corrected chi connectivity index (χ2v) is 8.32. The van der Waals surface area contributed by atoms with Crippen LogP contribution in [-0.4, -0.2) is 30.1 Å². The number of rotatable bonds is 8. The van der Waals surface area contributed by atoms with E-state index in [0.717, 1.165) is 27.9 Å². The SMILES string of the molecule is CC(=O)N[C@@H](C)COc1ccc2nc(-c3ccc(OCC4CC4)c(Br)c3)oc2c1. The van der Waals surface area contributed by atoms with Gasteiger partial charge in [0.25, 0.3) is 0 Å². The predicted molar refractivity (Wildman–Crippen MR) is 114 cm³/mol. The third kappa shape index (κ3) is 5.09. The summed E-state index contributed by atoms with van der Waals surface area (Å²) in [5.74, 6) is 2.67. The first-order valence-electron chi connectivity index (χ1n) is 9.71. The summed E-state index contributed by atoms with van der Waals surface area (Å²) < 4.78 is 18.4. The van der Waals surface area contributed by atoms with Gasteiger partial charge in [0, 0.05) is 18.6 Å². The molecule has 1 saturated carbocycles. The van der Waals surface area contributed by atoms with Crippen LogP contribution in [0.2, 0.25) is 0 Å². The van der Waals surface area contributed by atoms with Gasteiger partial charge in [0.2, 0.25) is 11.8 Å². The molecule has 0 unspecified atom stereocenters. The fourth-order valence-electron chi connectivity index (χ4n) is 2.97. The minimum Gasteiger partial charge on any atom is -0.492 e. The van der Waals surface area contributed by atoms with E-state index in [2.05, 4.69) is 26.2 Å². The number of halogens is 1. The first kappa shape index (κ1) is 19.8. The number of nitrogens with one attached hydrogen (secondary N) is 1. The van der Waals surface area contributed by atoms with E-state index in [1.165, 1.54) is 19.8 Å². The smallest absolute Gasteiger partial charge is 0.227 e. The summed E-state index contributed by atoms with van der Waals surface area (Å²) in [6.07, 6.45) is 2.52. The number of oxazole rings is 1. The largest absolute Gasteiger partial charge is 0.492 e. The molecule has 1 atom stereocenters. The molecule has 3 aromatic rings. The molecule has 1 amide bonds. The van der Waals surface area contributed by atoms with Gasteiger partial charge in [-0.1, -0.05) is 0 Å². The Morgan fingerprint density at radius 3 is 2.83 bits per heavy atom. The van der Waals surface area contributed by atoms with Gasteiger partial charge in [-0.05, 0) is 71.9 Å². The summed E-state index contributed by atoms with van der Waals surface area (Å²) in [4.78, 5) is 15.7. The third-order valence-corrected chi connectivity index (χ3v) is 5.28. The number of carbonyl (C=O) groups is 1. The number of carbonyl (C=O) groups excluding carboxylic acids is 1. The maximum absolute atomic E-state index is 11.1. The first-order chi connectivity index (χ1) is 14.0. The number of hydrogen-bond donors (Lipinski definition) is 1. The second kappa shape index (κ2) is 8.45. The van der Waals surface area contributed by atoms with Crippen molar-refractivity contribution in [2.75, 3.05) is 13.2 Å². The molecule has 0 spiro atoms. The molecule has 0 radical (unpaired) electrons. The van der Waals surface area contributed by atoms with Gasteiger partial charge in [0.1, 0.15) is 23.6 Å². The zero-order valence-electron chi connectivity index (χ0n) is 16.4. The van der Waals surface area contributed by atoms with Crippen LogP contribution in [0.25, 0.3) is 22.6 Å². The minimum atomic E-state index is -0.0773. The van der Waals surface area contributed by atoms with E-state index >= 15 is 0 Å². The fraction of sp³-hybridized carbons (Fsp3) is 0.364. The summed E-state index contributed by atoms with van der Waals surface area (Å²) in [6.45, 7) is 4.52. The van der Waals surface area contributed by atoms with E-state index in [-0.39, 0.29) is 11.9 Å². The molecule has 6 nitrogen and oxygen atoms in total.